The van der Waals surface area contributed by atoms with Crippen molar-refractivity contribution in [2.75, 3.05) is 20.2 Å². The fraction of sp³-hybridized carbons (Fsp3) is 0.381. The van der Waals surface area contributed by atoms with Crippen LogP contribution < -0.4 is 10.1 Å². The van der Waals surface area contributed by atoms with Crippen LogP contribution in [0.2, 0.25) is 0 Å². The van der Waals surface area contributed by atoms with Gasteiger partial charge in [0.25, 0.3) is 5.91 Å². The number of carbonyl (C=O) groups is 1. The minimum absolute atomic E-state index is 0.0772. The molecule has 3 rings (SSSR count). The maximum atomic E-state index is 12.6. The van der Waals surface area contributed by atoms with Gasteiger partial charge in [-0.25, -0.2) is 0 Å². The second kappa shape index (κ2) is 8.69. The first-order valence-corrected chi connectivity index (χ1v) is 9.84. The molecule has 2 aromatic carbocycles. The van der Waals surface area contributed by atoms with Crippen LogP contribution in [-0.4, -0.2) is 37.0 Å². The molecule has 1 atom stereocenters. The molecule has 4 nitrogen and oxygen atoms in total. The minimum Gasteiger partial charge on any atom is -0.497 e. The maximum Gasteiger partial charge on any atom is 0.252 e. The highest BCUT2D eigenvalue weighted by atomic mass is 79.9. The van der Waals surface area contributed by atoms with Crippen molar-refractivity contribution < 1.29 is 9.53 Å². The number of methoxy groups -OCH3 is 1. The van der Waals surface area contributed by atoms with E-state index >= 15 is 0 Å². The van der Waals surface area contributed by atoms with Crippen LogP contribution in [0.25, 0.3) is 0 Å². The van der Waals surface area contributed by atoms with Crippen LogP contribution in [0.4, 0.5) is 0 Å². The topological polar surface area (TPSA) is 41.6 Å². The van der Waals surface area contributed by atoms with E-state index in [9.17, 15) is 4.79 Å². The number of benzene rings is 2. The highest BCUT2D eigenvalue weighted by Gasteiger charge is 2.23. The maximum absolute atomic E-state index is 12.6. The summed E-state index contributed by atoms with van der Waals surface area (Å²) in [6.07, 6.45) is 2.07. The monoisotopic (exact) mass is 416 g/mol. The van der Waals surface area contributed by atoms with Crippen LogP contribution in [0.1, 0.15) is 34.8 Å². The third kappa shape index (κ3) is 4.27. The van der Waals surface area contributed by atoms with Crippen molar-refractivity contribution in [2.45, 2.75) is 32.4 Å². The van der Waals surface area contributed by atoms with Gasteiger partial charge in [-0.3, -0.25) is 9.69 Å². The Kier molecular flexibility index (Phi) is 6.33. The van der Waals surface area contributed by atoms with E-state index in [0.29, 0.717) is 23.9 Å². The molecular weight excluding hydrogens is 392 g/mol. The predicted molar refractivity (Wildman–Crippen MR) is 108 cm³/mol. The van der Waals surface area contributed by atoms with Crippen molar-refractivity contribution >= 4 is 21.8 Å². The molecule has 5 heteroatoms. The Morgan fingerprint density at radius 1 is 1.27 bits per heavy atom. The largest absolute Gasteiger partial charge is 0.497 e. The second-order valence-electron chi connectivity index (χ2n) is 6.61. The van der Waals surface area contributed by atoms with Crippen LogP contribution in [0, 0.1) is 0 Å². The highest BCUT2D eigenvalue weighted by molar-refractivity contribution is 9.10. The molecule has 138 valence electrons. The van der Waals surface area contributed by atoms with E-state index in [4.69, 9.17) is 4.74 Å². The summed E-state index contributed by atoms with van der Waals surface area (Å²) in [5, 5.41) is 3.10. The zero-order valence-corrected chi connectivity index (χ0v) is 16.9. The van der Waals surface area contributed by atoms with E-state index in [-0.39, 0.29) is 5.91 Å². The summed E-state index contributed by atoms with van der Waals surface area (Å²) in [5.74, 6) is 0.602. The van der Waals surface area contributed by atoms with Gasteiger partial charge in [0.1, 0.15) is 5.75 Å². The first-order valence-electron chi connectivity index (χ1n) is 9.05. The summed E-state index contributed by atoms with van der Waals surface area (Å²) in [6, 6.07) is 14.4. The normalized spacial score (nSPS) is 15.2. The average molecular weight is 417 g/mol. The Balaban J connectivity index is 1.63. The molecule has 0 saturated carbocycles. The number of nitrogens with one attached hydrogen (secondary N) is 1. The lowest BCUT2D eigenvalue weighted by Crippen LogP contribution is -2.45. The summed E-state index contributed by atoms with van der Waals surface area (Å²) in [4.78, 5) is 15.1. The molecule has 1 unspecified atom stereocenters. The fourth-order valence-electron chi connectivity index (χ4n) is 3.47. The SMILES string of the molecule is CCC(CNC(=O)c1cc(OC)ccc1Br)N1CCc2ccccc2C1. The van der Waals surface area contributed by atoms with Gasteiger partial charge < -0.3 is 10.1 Å². The van der Waals surface area contributed by atoms with Crippen LogP contribution in [-0.2, 0) is 13.0 Å². The van der Waals surface area contributed by atoms with Gasteiger partial charge in [-0.1, -0.05) is 31.2 Å². The van der Waals surface area contributed by atoms with Crippen molar-refractivity contribution in [3.05, 3.63) is 63.6 Å². The fourth-order valence-corrected chi connectivity index (χ4v) is 3.90. The number of nitrogens with zero attached hydrogens (tertiary/aromatic N) is 1. The Hall–Kier alpha value is -1.85. The Bertz CT molecular complexity index is 778. The minimum atomic E-state index is -0.0772. The molecule has 0 aliphatic carbocycles. The van der Waals surface area contributed by atoms with E-state index in [0.717, 1.165) is 30.4 Å². The number of carbonyl (C=O) groups excluding carboxylic acids is 1. The zero-order chi connectivity index (χ0) is 18.5. The summed E-state index contributed by atoms with van der Waals surface area (Å²) in [6.45, 7) is 4.81. The molecule has 0 saturated heterocycles. The number of rotatable bonds is 6. The van der Waals surface area contributed by atoms with Gasteiger partial charge in [-0.15, -0.1) is 0 Å². The molecule has 0 fully saturated rings. The molecule has 1 aliphatic rings. The van der Waals surface area contributed by atoms with Gasteiger partial charge in [0.2, 0.25) is 0 Å². The molecule has 0 spiro atoms. The van der Waals surface area contributed by atoms with Crippen molar-refractivity contribution in [3.8, 4) is 5.75 Å². The molecule has 0 radical (unpaired) electrons. The number of halogens is 1. The molecule has 0 bridgehead atoms. The first-order chi connectivity index (χ1) is 12.6. The lowest BCUT2D eigenvalue weighted by Gasteiger charge is -2.35. The van der Waals surface area contributed by atoms with Crippen molar-refractivity contribution in [1.82, 2.24) is 10.2 Å². The molecule has 1 amide bonds. The lowest BCUT2D eigenvalue weighted by atomic mass is 9.98. The van der Waals surface area contributed by atoms with Crippen molar-refractivity contribution in [2.24, 2.45) is 0 Å². The number of hydrogen-bond donors (Lipinski definition) is 1. The smallest absolute Gasteiger partial charge is 0.252 e. The molecule has 1 aliphatic heterocycles. The van der Waals surface area contributed by atoms with Crippen LogP contribution in [0.3, 0.4) is 0 Å². The third-order valence-electron chi connectivity index (χ3n) is 5.06. The molecule has 26 heavy (non-hydrogen) atoms. The number of hydrogen-bond acceptors (Lipinski definition) is 3. The Labute approximate surface area is 163 Å². The van der Waals surface area contributed by atoms with Crippen molar-refractivity contribution in [3.63, 3.8) is 0 Å². The van der Waals surface area contributed by atoms with E-state index in [1.54, 1.807) is 13.2 Å². The molecule has 1 N–H and O–H groups in total. The second-order valence-corrected chi connectivity index (χ2v) is 7.46. The Morgan fingerprint density at radius 2 is 2.04 bits per heavy atom. The van der Waals surface area contributed by atoms with Crippen LogP contribution in [0.5, 0.6) is 5.75 Å². The summed E-state index contributed by atoms with van der Waals surface area (Å²) >= 11 is 3.45. The first kappa shape index (κ1) is 18.9. The Morgan fingerprint density at radius 3 is 2.77 bits per heavy atom. The molecule has 2 aromatic rings. The number of ether oxygens (including phenoxy) is 1. The number of amides is 1. The van der Waals surface area contributed by atoms with Gasteiger partial charge in [-0.05, 0) is 58.1 Å². The average Bonchev–Trinajstić information content (AvgIpc) is 2.68. The van der Waals surface area contributed by atoms with Crippen LogP contribution in [0.15, 0.2) is 46.9 Å². The van der Waals surface area contributed by atoms with Gasteiger partial charge in [0.05, 0.1) is 12.7 Å². The van der Waals surface area contributed by atoms with Gasteiger partial charge in [-0.2, -0.15) is 0 Å². The molecular formula is C21H25BrN2O2. The van der Waals surface area contributed by atoms with Gasteiger partial charge in [0.15, 0.2) is 0 Å². The molecule has 0 aromatic heterocycles. The van der Waals surface area contributed by atoms with E-state index in [1.807, 2.05) is 12.1 Å². The van der Waals surface area contributed by atoms with Gasteiger partial charge >= 0.3 is 0 Å². The van der Waals surface area contributed by atoms with E-state index < -0.39 is 0 Å². The zero-order valence-electron chi connectivity index (χ0n) is 15.3. The van der Waals surface area contributed by atoms with Gasteiger partial charge in [0, 0.05) is 30.1 Å². The molecule has 1 heterocycles. The summed E-state index contributed by atoms with van der Waals surface area (Å²) < 4.78 is 6.00. The predicted octanol–water partition coefficient (Wildman–Crippen LogP) is 4.02. The quantitative estimate of drug-likeness (QED) is 0.772. The number of fused-ring (bicyclic) bond motifs is 1. The van der Waals surface area contributed by atoms with E-state index in [2.05, 4.69) is 57.3 Å². The standard InChI is InChI=1S/C21H25BrN2O2/c1-3-17(24-11-10-15-6-4-5-7-16(15)14-24)13-23-21(25)19-12-18(26-2)8-9-20(19)22/h4-9,12,17H,3,10-11,13-14H2,1-2H3,(H,23,25). The summed E-state index contributed by atoms with van der Waals surface area (Å²) in [5.41, 5.74) is 3.45. The third-order valence-corrected chi connectivity index (χ3v) is 5.76. The summed E-state index contributed by atoms with van der Waals surface area (Å²) in [7, 11) is 1.60. The van der Waals surface area contributed by atoms with E-state index in [1.165, 1.54) is 11.1 Å². The highest BCUT2D eigenvalue weighted by Crippen LogP contribution is 2.23. The van der Waals surface area contributed by atoms with Crippen LogP contribution >= 0.6 is 15.9 Å². The lowest BCUT2D eigenvalue weighted by molar-refractivity contribution is 0.0925. The van der Waals surface area contributed by atoms with Crippen molar-refractivity contribution in [1.29, 1.82) is 0 Å².